The van der Waals surface area contributed by atoms with Crippen LogP contribution in [0.2, 0.25) is 0 Å². The average Bonchev–Trinajstić information content (AvgIpc) is 3.23. The Bertz CT molecular complexity index is 551. The Morgan fingerprint density at radius 2 is 2.23 bits per heavy atom. The van der Waals surface area contributed by atoms with Crippen molar-refractivity contribution in [1.29, 1.82) is 0 Å². The Kier molecular flexibility index (Phi) is 6.09. The van der Waals surface area contributed by atoms with Crippen molar-refractivity contribution in [2.24, 2.45) is 0 Å². The maximum absolute atomic E-state index is 12.3. The van der Waals surface area contributed by atoms with Crippen LogP contribution in [0.4, 0.5) is 0 Å². The SMILES string of the molecule is CCN(CC)[C@@H](CNC(=O)[C@@H](C)n1cncn1)c1ccsc1. The van der Waals surface area contributed by atoms with Gasteiger partial charge in [0, 0.05) is 6.54 Å². The van der Waals surface area contributed by atoms with Gasteiger partial charge in [-0.3, -0.25) is 9.69 Å². The van der Waals surface area contributed by atoms with Gasteiger partial charge < -0.3 is 5.32 Å². The third kappa shape index (κ3) is 3.92. The molecule has 0 bridgehead atoms. The molecule has 0 spiro atoms. The zero-order valence-electron chi connectivity index (χ0n) is 13.3. The van der Waals surface area contributed by atoms with Crippen LogP contribution in [-0.4, -0.2) is 45.2 Å². The lowest BCUT2D eigenvalue weighted by atomic mass is 10.1. The van der Waals surface area contributed by atoms with E-state index < -0.39 is 0 Å². The van der Waals surface area contributed by atoms with Crippen LogP contribution in [-0.2, 0) is 4.79 Å². The average molecular weight is 321 g/mol. The van der Waals surface area contributed by atoms with Crippen LogP contribution in [0.5, 0.6) is 0 Å². The maximum atomic E-state index is 12.3. The highest BCUT2D eigenvalue weighted by Gasteiger charge is 2.21. The predicted octanol–water partition coefficient (Wildman–Crippen LogP) is 2.10. The molecule has 2 atom stereocenters. The quantitative estimate of drug-likeness (QED) is 0.809. The Balaban J connectivity index is 2.00. The lowest BCUT2D eigenvalue weighted by Gasteiger charge is -2.29. The van der Waals surface area contributed by atoms with E-state index in [0.717, 1.165) is 13.1 Å². The number of carbonyl (C=O) groups is 1. The Labute approximate surface area is 135 Å². The van der Waals surface area contributed by atoms with Gasteiger partial charge in [0.2, 0.25) is 5.91 Å². The second kappa shape index (κ2) is 8.05. The summed E-state index contributed by atoms with van der Waals surface area (Å²) in [5.41, 5.74) is 1.25. The molecule has 2 heterocycles. The Morgan fingerprint density at radius 1 is 1.45 bits per heavy atom. The largest absolute Gasteiger partial charge is 0.352 e. The van der Waals surface area contributed by atoms with Gasteiger partial charge in [0.25, 0.3) is 0 Å². The minimum absolute atomic E-state index is 0.0436. The minimum Gasteiger partial charge on any atom is -0.352 e. The molecule has 22 heavy (non-hydrogen) atoms. The molecule has 0 aromatic carbocycles. The van der Waals surface area contributed by atoms with E-state index in [4.69, 9.17) is 0 Å². The molecule has 2 rings (SSSR count). The predicted molar refractivity (Wildman–Crippen MR) is 87.7 cm³/mol. The van der Waals surface area contributed by atoms with Crippen LogP contribution in [0.25, 0.3) is 0 Å². The fourth-order valence-electron chi connectivity index (χ4n) is 2.47. The third-order valence-electron chi connectivity index (χ3n) is 3.86. The molecule has 1 N–H and O–H groups in total. The van der Waals surface area contributed by atoms with E-state index in [0.29, 0.717) is 6.54 Å². The van der Waals surface area contributed by atoms with Gasteiger partial charge in [-0.25, -0.2) is 9.67 Å². The van der Waals surface area contributed by atoms with Crippen molar-refractivity contribution < 1.29 is 4.79 Å². The van der Waals surface area contributed by atoms with E-state index in [2.05, 4.69) is 51.0 Å². The summed E-state index contributed by atoms with van der Waals surface area (Å²) in [6.07, 6.45) is 3.00. The first-order chi connectivity index (χ1) is 10.7. The van der Waals surface area contributed by atoms with Crippen LogP contribution in [0, 0.1) is 0 Å². The van der Waals surface area contributed by atoms with E-state index >= 15 is 0 Å². The molecule has 7 heteroatoms. The number of nitrogens with zero attached hydrogens (tertiary/aromatic N) is 4. The zero-order valence-corrected chi connectivity index (χ0v) is 14.1. The monoisotopic (exact) mass is 321 g/mol. The van der Waals surface area contributed by atoms with Crippen LogP contribution < -0.4 is 5.32 Å². The molecule has 0 fully saturated rings. The van der Waals surface area contributed by atoms with Crippen molar-refractivity contribution >= 4 is 17.2 Å². The first kappa shape index (κ1) is 16.6. The Hall–Kier alpha value is -1.73. The van der Waals surface area contributed by atoms with Gasteiger partial charge in [-0.15, -0.1) is 0 Å². The highest BCUT2D eigenvalue weighted by Crippen LogP contribution is 2.22. The molecule has 1 amide bonds. The maximum Gasteiger partial charge on any atom is 0.244 e. The molecule has 0 saturated heterocycles. The summed E-state index contributed by atoms with van der Waals surface area (Å²) in [6, 6.07) is 1.97. The first-order valence-electron chi connectivity index (χ1n) is 7.55. The topological polar surface area (TPSA) is 63.1 Å². The molecule has 0 aliphatic rings. The molecule has 0 aliphatic heterocycles. The van der Waals surface area contributed by atoms with Crippen LogP contribution in [0.1, 0.15) is 38.4 Å². The van der Waals surface area contributed by atoms with Gasteiger partial charge in [0.05, 0.1) is 6.04 Å². The van der Waals surface area contributed by atoms with Crippen molar-refractivity contribution in [2.75, 3.05) is 19.6 Å². The standard InChI is InChI=1S/C15H23N5OS/c1-4-19(5-2)14(13-6-7-22-9-13)8-17-15(21)12(3)20-11-16-10-18-20/h6-7,9-12,14H,4-5,8H2,1-3H3,(H,17,21)/t12-,14+/m1/s1. The van der Waals surface area contributed by atoms with Crippen molar-refractivity contribution in [3.05, 3.63) is 35.0 Å². The van der Waals surface area contributed by atoms with Gasteiger partial charge in [0.15, 0.2) is 0 Å². The van der Waals surface area contributed by atoms with E-state index in [1.165, 1.54) is 11.9 Å². The molecule has 0 unspecified atom stereocenters. The molecule has 0 saturated carbocycles. The fraction of sp³-hybridized carbons (Fsp3) is 0.533. The molecule has 120 valence electrons. The molecular formula is C15H23N5OS. The number of carbonyl (C=O) groups excluding carboxylic acids is 1. The highest BCUT2D eigenvalue weighted by atomic mass is 32.1. The second-order valence-corrected chi connectivity index (χ2v) is 5.87. The summed E-state index contributed by atoms with van der Waals surface area (Å²) < 4.78 is 1.56. The summed E-state index contributed by atoms with van der Waals surface area (Å²) in [7, 11) is 0. The second-order valence-electron chi connectivity index (χ2n) is 5.09. The van der Waals surface area contributed by atoms with Gasteiger partial charge in [-0.1, -0.05) is 13.8 Å². The first-order valence-corrected chi connectivity index (χ1v) is 8.49. The summed E-state index contributed by atoms with van der Waals surface area (Å²) in [5, 5.41) is 11.3. The summed E-state index contributed by atoms with van der Waals surface area (Å²) in [4.78, 5) is 18.5. The number of nitrogens with one attached hydrogen (secondary N) is 1. The normalized spacial score (nSPS) is 14.0. The molecule has 2 aromatic heterocycles. The van der Waals surface area contributed by atoms with Crippen molar-refractivity contribution in [3.8, 4) is 0 Å². The molecular weight excluding hydrogens is 298 g/mol. The third-order valence-corrected chi connectivity index (χ3v) is 4.57. The number of rotatable bonds is 8. The zero-order chi connectivity index (χ0) is 15.9. The summed E-state index contributed by atoms with van der Waals surface area (Å²) >= 11 is 1.68. The van der Waals surface area contributed by atoms with Gasteiger partial charge >= 0.3 is 0 Å². The lowest BCUT2D eigenvalue weighted by Crippen LogP contribution is -2.40. The van der Waals surface area contributed by atoms with Crippen molar-refractivity contribution in [1.82, 2.24) is 25.0 Å². The van der Waals surface area contributed by atoms with Gasteiger partial charge in [0.1, 0.15) is 18.7 Å². The van der Waals surface area contributed by atoms with Crippen molar-refractivity contribution in [2.45, 2.75) is 32.9 Å². The van der Waals surface area contributed by atoms with Crippen LogP contribution in [0.3, 0.4) is 0 Å². The number of hydrogen-bond acceptors (Lipinski definition) is 5. The van der Waals surface area contributed by atoms with Gasteiger partial charge in [-0.05, 0) is 42.4 Å². The lowest BCUT2D eigenvalue weighted by molar-refractivity contribution is -0.124. The van der Waals surface area contributed by atoms with Crippen molar-refractivity contribution in [3.63, 3.8) is 0 Å². The Morgan fingerprint density at radius 3 is 2.77 bits per heavy atom. The molecule has 0 aliphatic carbocycles. The van der Waals surface area contributed by atoms with E-state index in [1.807, 2.05) is 6.92 Å². The molecule has 0 radical (unpaired) electrons. The number of aromatic nitrogens is 3. The number of amides is 1. The van der Waals surface area contributed by atoms with E-state index in [1.54, 1.807) is 22.3 Å². The summed E-state index contributed by atoms with van der Waals surface area (Å²) in [5.74, 6) is -0.0436. The number of thiophene rings is 1. The molecule has 2 aromatic rings. The van der Waals surface area contributed by atoms with E-state index in [9.17, 15) is 4.79 Å². The summed E-state index contributed by atoms with van der Waals surface area (Å²) in [6.45, 7) is 8.60. The fourth-order valence-corrected chi connectivity index (χ4v) is 3.18. The van der Waals surface area contributed by atoms with Gasteiger partial charge in [-0.2, -0.15) is 16.4 Å². The van der Waals surface area contributed by atoms with Crippen LogP contribution >= 0.6 is 11.3 Å². The highest BCUT2D eigenvalue weighted by molar-refractivity contribution is 7.07. The smallest absolute Gasteiger partial charge is 0.244 e. The number of likely N-dealkylation sites (N-methyl/N-ethyl adjacent to an activating group) is 1. The molecule has 6 nitrogen and oxygen atoms in total. The van der Waals surface area contributed by atoms with Crippen LogP contribution in [0.15, 0.2) is 29.5 Å². The van der Waals surface area contributed by atoms with E-state index in [-0.39, 0.29) is 18.0 Å². The number of hydrogen-bond donors (Lipinski definition) is 1. The minimum atomic E-state index is -0.359.